The highest BCUT2D eigenvalue weighted by Crippen LogP contribution is 2.19. The minimum atomic E-state index is -0.283. The molecule has 0 unspecified atom stereocenters. The summed E-state index contributed by atoms with van der Waals surface area (Å²) in [7, 11) is 0. The zero-order valence-corrected chi connectivity index (χ0v) is 14.5. The number of benzene rings is 1. The topological polar surface area (TPSA) is 80.0 Å². The van der Waals surface area contributed by atoms with Crippen LogP contribution in [0.2, 0.25) is 0 Å². The van der Waals surface area contributed by atoms with Crippen LogP contribution >= 0.6 is 15.9 Å². The van der Waals surface area contributed by atoms with Crippen molar-refractivity contribution in [3.63, 3.8) is 0 Å². The first-order valence-electron chi connectivity index (χ1n) is 7.29. The summed E-state index contributed by atoms with van der Waals surface area (Å²) in [5.74, 6) is 0.770. The molecule has 122 valence electrons. The average molecular weight is 387 g/mol. The van der Waals surface area contributed by atoms with E-state index in [1.54, 1.807) is 24.5 Å². The molecule has 1 aromatic carbocycles. The first-order valence-corrected chi connectivity index (χ1v) is 8.08. The standard InChI is InChI=1S/C17H15BrN4O2/c1-11-8-15(16(23)19-10-14-6-3-7-24-14)22-17(20-11)21-13-5-2-4-12(18)9-13/h2-9H,10H2,1H3,(H,19,23)(H,20,21,22). The molecule has 0 radical (unpaired) electrons. The van der Waals surface area contributed by atoms with Gasteiger partial charge in [-0.05, 0) is 43.3 Å². The van der Waals surface area contributed by atoms with Crippen LogP contribution in [0.4, 0.5) is 11.6 Å². The van der Waals surface area contributed by atoms with E-state index in [2.05, 4.69) is 36.5 Å². The van der Waals surface area contributed by atoms with E-state index < -0.39 is 0 Å². The Bertz CT molecular complexity index is 850. The Balaban J connectivity index is 1.74. The summed E-state index contributed by atoms with van der Waals surface area (Å²) in [6.07, 6.45) is 1.57. The van der Waals surface area contributed by atoms with E-state index in [4.69, 9.17) is 4.42 Å². The summed E-state index contributed by atoms with van der Waals surface area (Å²) in [6, 6.07) is 12.8. The molecular weight excluding hydrogens is 372 g/mol. The van der Waals surface area contributed by atoms with Crippen molar-refractivity contribution in [1.29, 1.82) is 0 Å². The zero-order valence-electron chi connectivity index (χ0n) is 12.9. The average Bonchev–Trinajstić information content (AvgIpc) is 3.05. The summed E-state index contributed by atoms with van der Waals surface area (Å²) in [4.78, 5) is 20.9. The summed E-state index contributed by atoms with van der Waals surface area (Å²) in [6.45, 7) is 2.13. The maximum Gasteiger partial charge on any atom is 0.270 e. The zero-order chi connectivity index (χ0) is 16.9. The second-order valence-corrected chi connectivity index (χ2v) is 6.03. The van der Waals surface area contributed by atoms with Gasteiger partial charge in [-0.2, -0.15) is 0 Å². The molecule has 24 heavy (non-hydrogen) atoms. The number of anilines is 2. The molecular formula is C17H15BrN4O2. The third-order valence-corrected chi connectivity index (χ3v) is 3.66. The van der Waals surface area contributed by atoms with E-state index in [0.29, 0.717) is 29.6 Å². The molecule has 2 heterocycles. The molecule has 2 N–H and O–H groups in total. The number of aromatic nitrogens is 2. The van der Waals surface area contributed by atoms with Gasteiger partial charge in [-0.1, -0.05) is 22.0 Å². The van der Waals surface area contributed by atoms with Crippen LogP contribution in [-0.4, -0.2) is 15.9 Å². The number of amides is 1. The Hall–Kier alpha value is -2.67. The van der Waals surface area contributed by atoms with Crippen LogP contribution in [0.25, 0.3) is 0 Å². The van der Waals surface area contributed by atoms with Gasteiger partial charge in [-0.15, -0.1) is 0 Å². The normalized spacial score (nSPS) is 10.4. The molecule has 0 aliphatic rings. The molecule has 0 bridgehead atoms. The molecule has 0 aliphatic heterocycles. The number of carbonyl (C=O) groups excluding carboxylic acids is 1. The van der Waals surface area contributed by atoms with E-state index >= 15 is 0 Å². The fraction of sp³-hybridized carbons (Fsp3) is 0.118. The van der Waals surface area contributed by atoms with Crippen molar-refractivity contribution in [2.24, 2.45) is 0 Å². The van der Waals surface area contributed by atoms with Crippen LogP contribution in [0.3, 0.4) is 0 Å². The summed E-state index contributed by atoms with van der Waals surface area (Å²) >= 11 is 3.41. The molecule has 0 fully saturated rings. The molecule has 0 saturated carbocycles. The molecule has 0 saturated heterocycles. The highest BCUT2D eigenvalue weighted by atomic mass is 79.9. The lowest BCUT2D eigenvalue weighted by molar-refractivity contribution is 0.0943. The minimum absolute atomic E-state index is 0.283. The molecule has 0 atom stereocenters. The lowest BCUT2D eigenvalue weighted by atomic mass is 10.3. The van der Waals surface area contributed by atoms with Crippen LogP contribution in [0.15, 0.2) is 57.6 Å². The van der Waals surface area contributed by atoms with Gasteiger partial charge in [0, 0.05) is 15.9 Å². The molecule has 2 aromatic heterocycles. The predicted molar refractivity (Wildman–Crippen MR) is 94.1 cm³/mol. The van der Waals surface area contributed by atoms with Crippen LogP contribution in [0, 0.1) is 6.92 Å². The quantitative estimate of drug-likeness (QED) is 0.696. The van der Waals surface area contributed by atoms with Crippen molar-refractivity contribution in [2.45, 2.75) is 13.5 Å². The maximum atomic E-state index is 12.3. The van der Waals surface area contributed by atoms with Gasteiger partial charge in [0.2, 0.25) is 5.95 Å². The van der Waals surface area contributed by atoms with Crippen LogP contribution in [0.1, 0.15) is 21.9 Å². The van der Waals surface area contributed by atoms with E-state index in [1.165, 1.54) is 0 Å². The third-order valence-electron chi connectivity index (χ3n) is 3.17. The lowest BCUT2D eigenvalue weighted by Crippen LogP contribution is -2.24. The number of hydrogen-bond donors (Lipinski definition) is 2. The lowest BCUT2D eigenvalue weighted by Gasteiger charge is -2.08. The second kappa shape index (κ2) is 7.27. The van der Waals surface area contributed by atoms with E-state index in [0.717, 1.165) is 10.2 Å². The summed E-state index contributed by atoms with van der Waals surface area (Å²) in [5, 5.41) is 5.87. The summed E-state index contributed by atoms with van der Waals surface area (Å²) in [5.41, 5.74) is 1.83. The van der Waals surface area contributed by atoms with Crippen LogP contribution < -0.4 is 10.6 Å². The van der Waals surface area contributed by atoms with Crippen molar-refractivity contribution in [3.8, 4) is 0 Å². The Morgan fingerprint density at radius 1 is 1.21 bits per heavy atom. The monoisotopic (exact) mass is 386 g/mol. The van der Waals surface area contributed by atoms with Crippen molar-refractivity contribution in [3.05, 3.63) is 70.3 Å². The molecule has 3 rings (SSSR count). The van der Waals surface area contributed by atoms with Gasteiger partial charge < -0.3 is 15.1 Å². The molecule has 7 heteroatoms. The number of nitrogens with one attached hydrogen (secondary N) is 2. The molecule has 0 aliphatic carbocycles. The molecule has 1 amide bonds. The van der Waals surface area contributed by atoms with Gasteiger partial charge >= 0.3 is 0 Å². The van der Waals surface area contributed by atoms with Gasteiger partial charge in [0.05, 0.1) is 12.8 Å². The summed E-state index contributed by atoms with van der Waals surface area (Å²) < 4.78 is 6.13. The molecule has 0 spiro atoms. The highest BCUT2D eigenvalue weighted by Gasteiger charge is 2.11. The van der Waals surface area contributed by atoms with Gasteiger partial charge in [0.1, 0.15) is 11.5 Å². The van der Waals surface area contributed by atoms with Gasteiger partial charge in [-0.25, -0.2) is 9.97 Å². The Labute approximate surface area is 147 Å². The number of rotatable bonds is 5. The number of halogens is 1. The maximum absolute atomic E-state index is 12.3. The van der Waals surface area contributed by atoms with Crippen molar-refractivity contribution in [1.82, 2.24) is 15.3 Å². The third kappa shape index (κ3) is 4.20. The largest absolute Gasteiger partial charge is 0.467 e. The minimum Gasteiger partial charge on any atom is -0.467 e. The van der Waals surface area contributed by atoms with Crippen LogP contribution in [0.5, 0.6) is 0 Å². The molecule has 3 aromatic rings. The number of hydrogen-bond acceptors (Lipinski definition) is 5. The van der Waals surface area contributed by atoms with E-state index in [9.17, 15) is 4.79 Å². The Morgan fingerprint density at radius 2 is 2.08 bits per heavy atom. The van der Waals surface area contributed by atoms with E-state index in [-0.39, 0.29) is 5.91 Å². The second-order valence-electron chi connectivity index (χ2n) is 5.12. The van der Waals surface area contributed by atoms with Crippen molar-refractivity contribution in [2.75, 3.05) is 5.32 Å². The Morgan fingerprint density at radius 3 is 2.83 bits per heavy atom. The predicted octanol–water partition coefficient (Wildman–Crippen LogP) is 3.81. The molecule has 6 nitrogen and oxygen atoms in total. The van der Waals surface area contributed by atoms with Crippen molar-refractivity contribution >= 4 is 33.5 Å². The SMILES string of the molecule is Cc1cc(C(=O)NCc2ccco2)nc(Nc2cccc(Br)c2)n1. The first-order chi connectivity index (χ1) is 11.6. The fourth-order valence-corrected chi connectivity index (χ4v) is 2.51. The number of carbonyl (C=O) groups is 1. The smallest absolute Gasteiger partial charge is 0.270 e. The highest BCUT2D eigenvalue weighted by molar-refractivity contribution is 9.10. The Kier molecular flexibility index (Phi) is 4.90. The van der Waals surface area contributed by atoms with Gasteiger partial charge in [-0.3, -0.25) is 4.79 Å². The van der Waals surface area contributed by atoms with E-state index in [1.807, 2.05) is 31.2 Å². The van der Waals surface area contributed by atoms with Crippen LogP contribution in [-0.2, 0) is 6.54 Å². The number of furan rings is 1. The number of aryl methyl sites for hydroxylation is 1. The number of nitrogens with zero attached hydrogens (tertiary/aromatic N) is 2. The first kappa shape index (κ1) is 16.2. The van der Waals surface area contributed by atoms with Gasteiger partial charge in [0.25, 0.3) is 5.91 Å². The van der Waals surface area contributed by atoms with Gasteiger partial charge in [0.15, 0.2) is 0 Å². The fourth-order valence-electron chi connectivity index (χ4n) is 2.11. The van der Waals surface area contributed by atoms with Crippen molar-refractivity contribution < 1.29 is 9.21 Å².